The van der Waals surface area contributed by atoms with E-state index in [0.29, 0.717) is 6.61 Å². The zero-order chi connectivity index (χ0) is 14.1. The number of carbonyl (C=O) groups is 1. The first-order valence-corrected chi connectivity index (χ1v) is 5.76. The van der Waals surface area contributed by atoms with E-state index in [9.17, 15) is 13.6 Å². The monoisotopic (exact) mass is 264 g/mol. The molecule has 0 heterocycles. The van der Waals surface area contributed by atoms with E-state index in [4.69, 9.17) is 4.74 Å². The molecule has 100 valence electrons. The van der Waals surface area contributed by atoms with Crippen molar-refractivity contribution in [2.45, 2.75) is 6.92 Å². The van der Waals surface area contributed by atoms with Gasteiger partial charge in [-0.05, 0) is 6.92 Å². The Bertz CT molecular complexity index is 463. The van der Waals surface area contributed by atoms with Gasteiger partial charge in [0, 0.05) is 12.1 Å². The molecule has 2 nitrogen and oxygen atoms in total. The lowest BCUT2D eigenvalue weighted by Gasteiger charge is -2.04. The first kappa shape index (κ1) is 14.8. The lowest BCUT2D eigenvalue weighted by molar-refractivity contribution is 0.111. The predicted molar refractivity (Wildman–Crippen MR) is 69.4 cm³/mol. The molecule has 0 spiro atoms. The molecule has 0 aliphatic rings. The van der Waals surface area contributed by atoms with Crippen LogP contribution in [-0.2, 0) is 0 Å². The summed E-state index contributed by atoms with van der Waals surface area (Å²) in [5.41, 5.74) is -0.566. The predicted octanol–water partition coefficient (Wildman–Crippen LogP) is 3.86. The molecule has 19 heavy (non-hydrogen) atoms. The van der Waals surface area contributed by atoms with Gasteiger partial charge in [-0.1, -0.05) is 36.4 Å². The van der Waals surface area contributed by atoms with Crippen molar-refractivity contribution in [3.05, 3.63) is 65.7 Å². The largest absolute Gasteiger partial charge is 0.494 e. The van der Waals surface area contributed by atoms with Crippen molar-refractivity contribution in [2.75, 3.05) is 6.61 Å². The van der Waals surface area contributed by atoms with Gasteiger partial charge < -0.3 is 4.74 Å². The Balaban J connectivity index is 0.000000250. The number of halogens is 2. The Kier molecular flexibility index (Phi) is 6.22. The maximum absolute atomic E-state index is 12.9. The number of benzene rings is 2. The zero-order valence-electron chi connectivity index (χ0n) is 10.5. The SMILES string of the molecule is CCOc1cc(F)c(C=O)c(F)c1.c1ccccc1. The maximum Gasteiger partial charge on any atom is 0.155 e. The molecule has 0 aliphatic carbocycles. The third-order valence-electron chi connectivity index (χ3n) is 2.15. The summed E-state index contributed by atoms with van der Waals surface area (Å²) in [5.74, 6) is -1.72. The summed E-state index contributed by atoms with van der Waals surface area (Å²) in [6.45, 7) is 2.02. The van der Waals surface area contributed by atoms with Gasteiger partial charge in [0.1, 0.15) is 17.4 Å². The Hall–Kier alpha value is -2.23. The molecule has 2 aromatic carbocycles. The minimum atomic E-state index is -0.904. The second-order valence-corrected chi connectivity index (χ2v) is 3.51. The topological polar surface area (TPSA) is 26.3 Å². The summed E-state index contributed by atoms with van der Waals surface area (Å²) in [6.07, 6.45) is 0.139. The highest BCUT2D eigenvalue weighted by Gasteiger charge is 2.10. The average Bonchev–Trinajstić information content (AvgIpc) is 2.41. The smallest absolute Gasteiger partial charge is 0.155 e. The van der Waals surface area contributed by atoms with Crippen LogP contribution in [0.3, 0.4) is 0 Å². The summed E-state index contributed by atoms with van der Waals surface area (Å²) in [4.78, 5) is 10.2. The number of ether oxygens (including phenoxy) is 1. The summed E-state index contributed by atoms with van der Waals surface area (Å²) in [5, 5.41) is 0. The number of carbonyl (C=O) groups excluding carboxylic acids is 1. The van der Waals surface area contributed by atoms with E-state index in [1.807, 2.05) is 36.4 Å². The Labute approximate surface area is 110 Å². The Morgan fingerprint density at radius 1 is 1.00 bits per heavy atom. The van der Waals surface area contributed by atoms with E-state index in [-0.39, 0.29) is 12.0 Å². The summed E-state index contributed by atoms with van der Waals surface area (Å²) < 4.78 is 30.6. The van der Waals surface area contributed by atoms with E-state index in [2.05, 4.69) is 0 Å². The molecule has 4 heteroatoms. The number of rotatable bonds is 3. The summed E-state index contributed by atoms with van der Waals surface area (Å²) >= 11 is 0. The van der Waals surface area contributed by atoms with Crippen LogP contribution in [0.4, 0.5) is 8.78 Å². The van der Waals surface area contributed by atoms with Crippen LogP contribution in [0.25, 0.3) is 0 Å². The van der Waals surface area contributed by atoms with Gasteiger partial charge in [-0.2, -0.15) is 0 Å². The molecule has 2 rings (SSSR count). The second-order valence-electron chi connectivity index (χ2n) is 3.51. The van der Waals surface area contributed by atoms with Crippen LogP contribution in [0.15, 0.2) is 48.5 Å². The highest BCUT2D eigenvalue weighted by atomic mass is 19.1. The third kappa shape index (κ3) is 4.87. The molecule has 0 aromatic heterocycles. The van der Waals surface area contributed by atoms with Gasteiger partial charge in [0.2, 0.25) is 0 Å². The molecular weight excluding hydrogens is 250 g/mol. The van der Waals surface area contributed by atoms with Crippen LogP contribution >= 0.6 is 0 Å². The Morgan fingerprint density at radius 3 is 1.74 bits per heavy atom. The van der Waals surface area contributed by atoms with E-state index in [1.54, 1.807) is 6.92 Å². The molecule has 0 N–H and O–H groups in total. The molecule has 0 saturated carbocycles. The van der Waals surface area contributed by atoms with Crippen LogP contribution in [0.1, 0.15) is 17.3 Å². The molecule has 0 radical (unpaired) electrons. The van der Waals surface area contributed by atoms with Crippen molar-refractivity contribution >= 4 is 6.29 Å². The maximum atomic E-state index is 12.9. The molecule has 0 unspecified atom stereocenters. The first-order valence-electron chi connectivity index (χ1n) is 5.76. The van der Waals surface area contributed by atoms with Crippen LogP contribution in [0, 0.1) is 11.6 Å². The molecule has 0 saturated heterocycles. The summed E-state index contributed by atoms with van der Waals surface area (Å²) in [6, 6.07) is 14.0. The minimum absolute atomic E-state index is 0.0862. The molecule has 2 aromatic rings. The van der Waals surface area contributed by atoms with Gasteiger partial charge in [-0.3, -0.25) is 4.79 Å². The summed E-state index contributed by atoms with van der Waals surface area (Å²) in [7, 11) is 0. The molecular formula is C15H14F2O2. The first-order chi connectivity index (χ1) is 9.19. The number of hydrogen-bond acceptors (Lipinski definition) is 2. The fraction of sp³-hybridized carbons (Fsp3) is 0.133. The van der Waals surface area contributed by atoms with Gasteiger partial charge >= 0.3 is 0 Å². The Morgan fingerprint density at radius 2 is 1.42 bits per heavy atom. The molecule has 0 aliphatic heterocycles. The van der Waals surface area contributed by atoms with Crippen LogP contribution in [-0.4, -0.2) is 12.9 Å². The lowest BCUT2D eigenvalue weighted by atomic mass is 10.2. The van der Waals surface area contributed by atoms with E-state index >= 15 is 0 Å². The van der Waals surface area contributed by atoms with Crippen molar-refractivity contribution in [1.82, 2.24) is 0 Å². The van der Waals surface area contributed by atoms with E-state index < -0.39 is 17.2 Å². The molecule has 0 amide bonds. The standard InChI is InChI=1S/C9H8F2O2.C6H6/c1-2-13-6-3-8(10)7(5-12)9(11)4-6;1-2-4-6-5-3-1/h3-5H,2H2,1H3;1-6H. The molecule has 0 fully saturated rings. The van der Waals surface area contributed by atoms with Gasteiger partial charge in [-0.15, -0.1) is 0 Å². The van der Waals surface area contributed by atoms with Gasteiger partial charge in [0.15, 0.2) is 6.29 Å². The second kappa shape index (κ2) is 7.97. The van der Waals surface area contributed by atoms with Gasteiger partial charge in [-0.25, -0.2) is 8.78 Å². The van der Waals surface area contributed by atoms with Crippen LogP contribution in [0.2, 0.25) is 0 Å². The number of hydrogen-bond donors (Lipinski definition) is 0. The zero-order valence-corrected chi connectivity index (χ0v) is 10.5. The minimum Gasteiger partial charge on any atom is -0.494 e. The highest BCUT2D eigenvalue weighted by molar-refractivity contribution is 5.75. The van der Waals surface area contributed by atoms with Crippen LogP contribution < -0.4 is 4.74 Å². The number of aldehydes is 1. The fourth-order valence-electron chi connectivity index (χ4n) is 1.31. The highest BCUT2D eigenvalue weighted by Crippen LogP contribution is 2.19. The van der Waals surface area contributed by atoms with Gasteiger partial charge in [0.25, 0.3) is 0 Å². The van der Waals surface area contributed by atoms with Crippen molar-refractivity contribution in [2.24, 2.45) is 0 Å². The van der Waals surface area contributed by atoms with Crippen molar-refractivity contribution in [3.63, 3.8) is 0 Å². The van der Waals surface area contributed by atoms with E-state index in [1.165, 1.54) is 0 Å². The van der Waals surface area contributed by atoms with Crippen LogP contribution in [0.5, 0.6) is 5.75 Å². The van der Waals surface area contributed by atoms with Crippen molar-refractivity contribution in [3.8, 4) is 5.75 Å². The fourth-order valence-corrected chi connectivity index (χ4v) is 1.31. The van der Waals surface area contributed by atoms with Crippen molar-refractivity contribution in [1.29, 1.82) is 0 Å². The average molecular weight is 264 g/mol. The third-order valence-corrected chi connectivity index (χ3v) is 2.15. The molecule has 0 atom stereocenters. The quantitative estimate of drug-likeness (QED) is 0.787. The van der Waals surface area contributed by atoms with E-state index in [0.717, 1.165) is 12.1 Å². The lowest BCUT2D eigenvalue weighted by Crippen LogP contribution is -1.97. The normalized spacial score (nSPS) is 9.21. The van der Waals surface area contributed by atoms with Crippen molar-refractivity contribution < 1.29 is 18.3 Å². The molecule has 0 bridgehead atoms. The van der Waals surface area contributed by atoms with Gasteiger partial charge in [0.05, 0.1) is 12.2 Å².